The van der Waals surface area contributed by atoms with E-state index >= 15 is 0 Å². The molecule has 1 aliphatic heterocycles. The van der Waals surface area contributed by atoms with Gasteiger partial charge in [0.2, 0.25) is 0 Å². The normalized spacial score (nSPS) is 15.7. The van der Waals surface area contributed by atoms with Gasteiger partial charge in [-0.15, -0.1) is 0 Å². The fourth-order valence-electron chi connectivity index (χ4n) is 3.25. The highest BCUT2D eigenvalue weighted by Gasteiger charge is 2.33. The number of para-hydroxylation sites is 2. The van der Waals surface area contributed by atoms with Crippen LogP contribution in [0.5, 0.6) is 5.75 Å². The standard InChI is InChI=1S/C27H22ClNO4S/c1-2-32-27(31)24-25(30)23(34-26(24)29-20-12-4-3-5-13-20)16-18-10-7-9-15-22(18)33-17-19-11-6-8-14-21(19)28/h3-16,30H,2,17H2,1H3/b23-16-,29-26?. The fourth-order valence-corrected chi connectivity index (χ4v) is 4.47. The van der Waals surface area contributed by atoms with Gasteiger partial charge in [-0.1, -0.05) is 78.0 Å². The molecule has 3 aromatic carbocycles. The molecule has 4 rings (SSSR count). The average Bonchev–Trinajstić information content (AvgIpc) is 3.14. The lowest BCUT2D eigenvalue weighted by Crippen LogP contribution is -2.12. The molecule has 0 saturated carbocycles. The summed E-state index contributed by atoms with van der Waals surface area (Å²) in [4.78, 5) is 17.7. The van der Waals surface area contributed by atoms with Crippen LogP contribution >= 0.6 is 23.4 Å². The molecule has 0 atom stereocenters. The van der Waals surface area contributed by atoms with Crippen LogP contribution in [0, 0.1) is 0 Å². The first kappa shape index (κ1) is 23.7. The summed E-state index contributed by atoms with van der Waals surface area (Å²) in [7, 11) is 0. The number of aliphatic hydroxyl groups is 1. The third kappa shape index (κ3) is 5.53. The van der Waals surface area contributed by atoms with Crippen LogP contribution in [0.2, 0.25) is 5.02 Å². The van der Waals surface area contributed by atoms with Crippen molar-refractivity contribution < 1.29 is 19.4 Å². The first-order valence-electron chi connectivity index (χ1n) is 10.7. The van der Waals surface area contributed by atoms with E-state index in [0.717, 1.165) is 11.1 Å². The molecule has 5 nitrogen and oxygen atoms in total. The van der Waals surface area contributed by atoms with Crippen LogP contribution in [0.1, 0.15) is 18.1 Å². The van der Waals surface area contributed by atoms with Gasteiger partial charge in [-0.3, -0.25) is 0 Å². The summed E-state index contributed by atoms with van der Waals surface area (Å²) in [6.45, 7) is 2.20. The summed E-state index contributed by atoms with van der Waals surface area (Å²) in [5, 5.41) is 11.9. The molecule has 1 N–H and O–H groups in total. The molecule has 0 radical (unpaired) electrons. The lowest BCUT2D eigenvalue weighted by Gasteiger charge is -2.11. The minimum atomic E-state index is -0.617. The summed E-state index contributed by atoms with van der Waals surface area (Å²) >= 11 is 7.46. The topological polar surface area (TPSA) is 68.1 Å². The van der Waals surface area contributed by atoms with Gasteiger partial charge in [0.1, 0.15) is 28.7 Å². The van der Waals surface area contributed by atoms with Crippen molar-refractivity contribution in [3.8, 4) is 5.75 Å². The van der Waals surface area contributed by atoms with Crippen LogP contribution in [-0.4, -0.2) is 22.7 Å². The number of halogens is 1. The predicted molar refractivity (Wildman–Crippen MR) is 138 cm³/mol. The van der Waals surface area contributed by atoms with Gasteiger partial charge in [0.05, 0.1) is 17.2 Å². The van der Waals surface area contributed by atoms with Crippen molar-refractivity contribution in [1.82, 2.24) is 0 Å². The highest BCUT2D eigenvalue weighted by Crippen LogP contribution is 2.41. The zero-order valence-electron chi connectivity index (χ0n) is 18.4. The van der Waals surface area contributed by atoms with E-state index in [4.69, 9.17) is 21.1 Å². The van der Waals surface area contributed by atoms with E-state index in [0.29, 0.717) is 33.0 Å². The maximum Gasteiger partial charge on any atom is 0.344 e. The van der Waals surface area contributed by atoms with Crippen LogP contribution in [0.4, 0.5) is 5.69 Å². The maximum atomic E-state index is 12.6. The molecule has 0 bridgehead atoms. The molecule has 0 aromatic heterocycles. The Bertz CT molecular complexity index is 1280. The lowest BCUT2D eigenvalue weighted by atomic mass is 10.1. The molecule has 0 saturated heterocycles. The third-order valence-electron chi connectivity index (χ3n) is 4.90. The molecule has 0 unspecified atom stereocenters. The average molecular weight is 492 g/mol. The summed E-state index contributed by atoms with van der Waals surface area (Å²) in [5.41, 5.74) is 2.33. The molecule has 172 valence electrons. The van der Waals surface area contributed by atoms with Crippen molar-refractivity contribution in [3.63, 3.8) is 0 Å². The van der Waals surface area contributed by atoms with E-state index < -0.39 is 5.97 Å². The first-order chi connectivity index (χ1) is 16.6. The molecule has 34 heavy (non-hydrogen) atoms. The second kappa shape index (κ2) is 11.1. The number of hydrogen-bond donors (Lipinski definition) is 1. The molecular weight excluding hydrogens is 470 g/mol. The number of aliphatic hydroxyl groups excluding tert-OH is 1. The Kier molecular flexibility index (Phi) is 7.72. The Balaban J connectivity index is 1.67. The zero-order chi connectivity index (χ0) is 23.9. The second-order valence-electron chi connectivity index (χ2n) is 7.23. The number of thioether (sulfide) groups is 1. The third-order valence-corrected chi connectivity index (χ3v) is 6.29. The van der Waals surface area contributed by atoms with Crippen LogP contribution < -0.4 is 4.74 Å². The zero-order valence-corrected chi connectivity index (χ0v) is 20.0. The number of carbonyl (C=O) groups excluding carboxylic acids is 1. The Morgan fingerprint density at radius 3 is 2.50 bits per heavy atom. The van der Waals surface area contributed by atoms with E-state index in [2.05, 4.69) is 4.99 Å². The lowest BCUT2D eigenvalue weighted by molar-refractivity contribution is -0.138. The van der Waals surface area contributed by atoms with E-state index in [-0.39, 0.29) is 17.9 Å². The van der Waals surface area contributed by atoms with Gasteiger partial charge in [0.25, 0.3) is 0 Å². The van der Waals surface area contributed by atoms with Crippen molar-refractivity contribution in [1.29, 1.82) is 0 Å². The molecule has 1 aliphatic rings. The van der Waals surface area contributed by atoms with Crippen LogP contribution in [0.15, 0.2) is 100 Å². The highest BCUT2D eigenvalue weighted by atomic mass is 35.5. The molecule has 0 spiro atoms. The summed E-state index contributed by atoms with van der Waals surface area (Å²) in [6, 6.07) is 24.2. The van der Waals surface area contributed by atoms with Crippen molar-refractivity contribution >= 4 is 46.1 Å². The number of nitrogens with zero attached hydrogens (tertiary/aromatic N) is 1. The number of ether oxygens (including phenoxy) is 2. The summed E-state index contributed by atoms with van der Waals surface area (Å²) in [6.07, 6.45) is 1.77. The van der Waals surface area contributed by atoms with Gasteiger partial charge in [-0.25, -0.2) is 9.79 Å². The van der Waals surface area contributed by atoms with Gasteiger partial charge >= 0.3 is 5.97 Å². The Labute approximate surface area is 207 Å². The van der Waals surface area contributed by atoms with E-state index in [1.165, 1.54) is 11.8 Å². The molecule has 0 amide bonds. The monoisotopic (exact) mass is 491 g/mol. The van der Waals surface area contributed by atoms with Crippen molar-refractivity contribution in [2.45, 2.75) is 13.5 Å². The number of esters is 1. The van der Waals surface area contributed by atoms with Crippen molar-refractivity contribution in [2.24, 2.45) is 4.99 Å². The van der Waals surface area contributed by atoms with E-state index in [1.807, 2.05) is 78.9 Å². The number of hydrogen-bond acceptors (Lipinski definition) is 6. The summed E-state index contributed by atoms with van der Waals surface area (Å²) in [5.74, 6) is -0.165. The van der Waals surface area contributed by atoms with Gasteiger partial charge in [-0.2, -0.15) is 0 Å². The van der Waals surface area contributed by atoms with Gasteiger partial charge in [-0.05, 0) is 37.3 Å². The van der Waals surface area contributed by atoms with Crippen LogP contribution in [0.3, 0.4) is 0 Å². The van der Waals surface area contributed by atoms with Crippen molar-refractivity contribution in [3.05, 3.63) is 111 Å². The smallest absolute Gasteiger partial charge is 0.344 e. The molecular formula is C27H22ClNO4S. The SMILES string of the molecule is CCOC(=O)C1=C(O)/C(=C/c2ccccc2OCc2ccccc2Cl)SC1=Nc1ccccc1. The number of rotatable bonds is 7. The minimum Gasteiger partial charge on any atom is -0.506 e. The quantitative estimate of drug-likeness (QED) is 0.356. The van der Waals surface area contributed by atoms with Gasteiger partial charge in [0, 0.05) is 16.1 Å². The number of aliphatic imine (C=N–C) groups is 1. The molecule has 1 heterocycles. The van der Waals surface area contributed by atoms with E-state index in [1.54, 1.807) is 13.0 Å². The first-order valence-corrected chi connectivity index (χ1v) is 11.9. The summed E-state index contributed by atoms with van der Waals surface area (Å²) < 4.78 is 11.2. The minimum absolute atomic E-state index is 0.0522. The molecule has 3 aromatic rings. The van der Waals surface area contributed by atoms with Crippen molar-refractivity contribution in [2.75, 3.05) is 6.61 Å². The van der Waals surface area contributed by atoms with Crippen LogP contribution in [0.25, 0.3) is 6.08 Å². The Hall–Kier alpha value is -3.48. The van der Waals surface area contributed by atoms with Gasteiger partial charge < -0.3 is 14.6 Å². The predicted octanol–water partition coefficient (Wildman–Crippen LogP) is 7.11. The Morgan fingerprint density at radius 2 is 1.74 bits per heavy atom. The van der Waals surface area contributed by atoms with Crippen LogP contribution in [-0.2, 0) is 16.1 Å². The largest absolute Gasteiger partial charge is 0.506 e. The highest BCUT2D eigenvalue weighted by molar-refractivity contribution is 8.18. The van der Waals surface area contributed by atoms with E-state index in [9.17, 15) is 9.90 Å². The fraction of sp³-hybridized carbons (Fsp3) is 0.111. The number of benzene rings is 3. The Morgan fingerprint density at radius 1 is 1.03 bits per heavy atom. The second-order valence-corrected chi connectivity index (χ2v) is 8.66. The number of carbonyl (C=O) groups is 1. The molecule has 0 aliphatic carbocycles. The maximum absolute atomic E-state index is 12.6. The molecule has 0 fully saturated rings. The van der Waals surface area contributed by atoms with Gasteiger partial charge in [0.15, 0.2) is 0 Å². The molecule has 7 heteroatoms.